The van der Waals surface area contributed by atoms with Crippen LogP contribution in [0.4, 0.5) is 14.2 Å². The summed E-state index contributed by atoms with van der Waals surface area (Å²) in [6.07, 6.45) is 7.26. The monoisotopic (exact) mass is 367 g/mol. The van der Waals surface area contributed by atoms with Crippen LogP contribution in [0, 0.1) is 18.2 Å². The molecule has 0 radical (unpaired) electrons. The highest BCUT2D eigenvalue weighted by molar-refractivity contribution is 7.19. The molecule has 0 fully saturated rings. The lowest BCUT2D eigenvalue weighted by atomic mass is 10.2. The summed E-state index contributed by atoms with van der Waals surface area (Å²) in [6.45, 7) is 5.21. The molecule has 1 amide bonds. The van der Waals surface area contributed by atoms with Gasteiger partial charge in [-0.25, -0.2) is 14.2 Å². The molecule has 2 rings (SSSR count). The maximum absolute atomic E-state index is 13.3. The summed E-state index contributed by atoms with van der Waals surface area (Å²) >= 11 is 7.25. The van der Waals surface area contributed by atoms with Crippen LogP contribution in [0.5, 0.6) is 0 Å². The Bertz CT molecular complexity index is 795. The number of aromatic nitrogens is 2. The minimum atomic E-state index is -0.684. The first-order chi connectivity index (χ1) is 11.2. The summed E-state index contributed by atoms with van der Waals surface area (Å²) in [7, 11) is 0. The van der Waals surface area contributed by atoms with Gasteiger partial charge in [0.15, 0.2) is 5.15 Å². The van der Waals surface area contributed by atoms with Crippen molar-refractivity contribution in [2.75, 3.05) is 11.4 Å². The van der Waals surface area contributed by atoms with Crippen LogP contribution >= 0.6 is 22.9 Å². The molecular formula is C16H15ClFN3O2S. The van der Waals surface area contributed by atoms with Crippen molar-refractivity contribution < 1.29 is 13.9 Å². The molecular weight excluding hydrogens is 353 g/mol. The second kappa shape index (κ2) is 7.16. The molecule has 126 valence electrons. The lowest BCUT2D eigenvalue weighted by Crippen LogP contribution is -2.36. The summed E-state index contributed by atoms with van der Waals surface area (Å²) in [6, 6.07) is 1.28. The van der Waals surface area contributed by atoms with Crippen LogP contribution in [-0.4, -0.2) is 28.2 Å². The molecule has 0 aliphatic rings. The predicted molar refractivity (Wildman–Crippen MR) is 92.7 cm³/mol. The number of pyridine rings is 1. The van der Waals surface area contributed by atoms with Crippen molar-refractivity contribution in [3.8, 4) is 22.9 Å². The Morgan fingerprint density at radius 1 is 1.50 bits per heavy atom. The number of ether oxygens (including phenoxy) is 1. The van der Waals surface area contributed by atoms with Crippen LogP contribution in [0.2, 0.25) is 5.15 Å². The van der Waals surface area contributed by atoms with Crippen LogP contribution < -0.4 is 4.90 Å². The van der Waals surface area contributed by atoms with E-state index in [9.17, 15) is 9.18 Å². The van der Waals surface area contributed by atoms with Crippen molar-refractivity contribution in [2.24, 2.45) is 0 Å². The molecule has 24 heavy (non-hydrogen) atoms. The average Bonchev–Trinajstić information content (AvgIpc) is 2.84. The second-order valence-corrected chi connectivity index (χ2v) is 7.11. The summed E-state index contributed by atoms with van der Waals surface area (Å²) in [5, 5.41) is 0.844. The van der Waals surface area contributed by atoms with Gasteiger partial charge in [-0.3, -0.25) is 9.88 Å². The van der Waals surface area contributed by atoms with Crippen molar-refractivity contribution in [3.05, 3.63) is 29.4 Å². The standard InChI is InChI=1S/C16H15ClFN3O2S/c1-5-6-21(15(22)23-16(2,3)4)14-12(17)20-13(24-14)10-7-11(18)9-19-8-10/h1,7-9H,6H2,2-4H3. The maximum Gasteiger partial charge on any atom is 0.416 e. The summed E-state index contributed by atoms with van der Waals surface area (Å²) < 4.78 is 18.7. The van der Waals surface area contributed by atoms with E-state index in [0.717, 1.165) is 17.5 Å². The number of anilines is 1. The smallest absolute Gasteiger partial charge is 0.416 e. The molecule has 2 heterocycles. The topological polar surface area (TPSA) is 55.3 Å². The van der Waals surface area contributed by atoms with E-state index in [1.165, 1.54) is 17.2 Å². The normalized spacial score (nSPS) is 11.0. The van der Waals surface area contributed by atoms with E-state index in [0.29, 0.717) is 15.6 Å². The number of carbonyl (C=O) groups is 1. The first-order valence-electron chi connectivity index (χ1n) is 6.92. The molecule has 2 aromatic rings. The highest BCUT2D eigenvalue weighted by Crippen LogP contribution is 2.38. The van der Waals surface area contributed by atoms with Crippen molar-refractivity contribution >= 4 is 34.0 Å². The Labute approximate surface area is 148 Å². The molecule has 0 saturated heterocycles. The zero-order valence-corrected chi connectivity index (χ0v) is 14.9. The van der Waals surface area contributed by atoms with Gasteiger partial charge in [0.2, 0.25) is 0 Å². The number of hydrogen-bond acceptors (Lipinski definition) is 5. The van der Waals surface area contributed by atoms with Crippen LogP contribution in [0.15, 0.2) is 18.5 Å². The number of thiazole rings is 1. The number of hydrogen-bond donors (Lipinski definition) is 0. The molecule has 0 N–H and O–H groups in total. The first-order valence-corrected chi connectivity index (χ1v) is 8.12. The molecule has 2 aromatic heterocycles. The zero-order valence-electron chi connectivity index (χ0n) is 13.3. The van der Waals surface area contributed by atoms with Crippen molar-refractivity contribution in [3.63, 3.8) is 0 Å². The number of nitrogens with zero attached hydrogens (tertiary/aromatic N) is 3. The third kappa shape index (κ3) is 4.43. The summed E-state index contributed by atoms with van der Waals surface area (Å²) in [5.41, 5.74) is -0.228. The molecule has 8 heteroatoms. The van der Waals surface area contributed by atoms with Gasteiger partial charge in [-0.1, -0.05) is 28.9 Å². The van der Waals surface area contributed by atoms with E-state index in [1.54, 1.807) is 20.8 Å². The molecule has 0 unspecified atom stereocenters. The summed E-state index contributed by atoms with van der Waals surface area (Å²) in [5.74, 6) is 1.90. The van der Waals surface area contributed by atoms with Gasteiger partial charge in [0.25, 0.3) is 0 Å². The van der Waals surface area contributed by atoms with Crippen molar-refractivity contribution in [1.82, 2.24) is 9.97 Å². The van der Waals surface area contributed by atoms with E-state index >= 15 is 0 Å². The van der Waals surface area contributed by atoms with Crippen LogP contribution in [-0.2, 0) is 4.74 Å². The van der Waals surface area contributed by atoms with Crippen LogP contribution in [0.1, 0.15) is 20.8 Å². The highest BCUT2D eigenvalue weighted by Gasteiger charge is 2.27. The van der Waals surface area contributed by atoms with Gasteiger partial charge < -0.3 is 4.74 Å². The SMILES string of the molecule is C#CCN(C(=O)OC(C)(C)C)c1sc(-c2cncc(F)c2)nc1Cl. The highest BCUT2D eigenvalue weighted by atomic mass is 35.5. The Balaban J connectivity index is 2.38. The molecule has 0 bridgehead atoms. The molecule has 0 spiro atoms. The second-order valence-electron chi connectivity index (χ2n) is 5.78. The van der Waals surface area contributed by atoms with Gasteiger partial charge in [0.1, 0.15) is 21.4 Å². The Hall–Kier alpha value is -2.17. The fraction of sp³-hybridized carbons (Fsp3) is 0.312. The number of rotatable bonds is 3. The number of halogens is 2. The zero-order chi connectivity index (χ0) is 17.9. The number of amides is 1. The molecule has 0 aromatic carbocycles. The van der Waals surface area contributed by atoms with E-state index in [-0.39, 0.29) is 11.7 Å². The van der Waals surface area contributed by atoms with Crippen molar-refractivity contribution in [2.45, 2.75) is 26.4 Å². The molecule has 0 atom stereocenters. The molecule has 0 aliphatic carbocycles. The lowest BCUT2D eigenvalue weighted by Gasteiger charge is -2.25. The fourth-order valence-corrected chi connectivity index (χ4v) is 3.02. The molecule has 0 saturated carbocycles. The van der Waals surface area contributed by atoms with E-state index in [4.69, 9.17) is 22.8 Å². The minimum absolute atomic E-state index is 0.0301. The Morgan fingerprint density at radius 3 is 2.79 bits per heavy atom. The average molecular weight is 368 g/mol. The first kappa shape index (κ1) is 18.2. The third-order valence-corrected chi connectivity index (χ3v) is 4.13. The molecule has 5 nitrogen and oxygen atoms in total. The van der Waals surface area contributed by atoms with E-state index in [2.05, 4.69) is 15.9 Å². The van der Waals surface area contributed by atoms with Gasteiger partial charge in [-0.2, -0.15) is 0 Å². The number of carbonyl (C=O) groups excluding carboxylic acids is 1. The number of terminal acetylenes is 1. The van der Waals surface area contributed by atoms with Gasteiger partial charge in [0.05, 0.1) is 12.7 Å². The predicted octanol–water partition coefficient (Wildman–Crippen LogP) is 4.37. The van der Waals surface area contributed by atoms with Gasteiger partial charge in [-0.05, 0) is 26.8 Å². The van der Waals surface area contributed by atoms with Gasteiger partial charge >= 0.3 is 6.09 Å². The Morgan fingerprint density at radius 2 is 2.21 bits per heavy atom. The summed E-state index contributed by atoms with van der Waals surface area (Å²) in [4.78, 5) is 21.5. The lowest BCUT2D eigenvalue weighted by molar-refractivity contribution is 0.0586. The van der Waals surface area contributed by atoms with Crippen molar-refractivity contribution in [1.29, 1.82) is 0 Å². The van der Waals surface area contributed by atoms with E-state index < -0.39 is 17.5 Å². The Kier molecular flexibility index (Phi) is 5.42. The van der Waals surface area contributed by atoms with Gasteiger partial charge in [-0.15, -0.1) is 6.42 Å². The largest absolute Gasteiger partial charge is 0.443 e. The third-order valence-electron chi connectivity index (χ3n) is 2.63. The van der Waals surface area contributed by atoms with Crippen LogP contribution in [0.3, 0.4) is 0 Å². The molecule has 0 aliphatic heterocycles. The quantitative estimate of drug-likeness (QED) is 0.756. The van der Waals surface area contributed by atoms with Crippen LogP contribution in [0.25, 0.3) is 10.6 Å². The van der Waals surface area contributed by atoms with E-state index in [1.807, 2.05) is 0 Å². The maximum atomic E-state index is 13.3. The fourth-order valence-electron chi connectivity index (χ4n) is 1.74. The minimum Gasteiger partial charge on any atom is -0.443 e. The van der Waals surface area contributed by atoms with Gasteiger partial charge in [0, 0.05) is 11.8 Å².